The van der Waals surface area contributed by atoms with Crippen molar-refractivity contribution < 1.29 is 27.5 Å². The van der Waals surface area contributed by atoms with Crippen molar-refractivity contribution in [3.05, 3.63) is 0 Å². The molecule has 116 valence electrons. The van der Waals surface area contributed by atoms with E-state index in [0.717, 1.165) is 13.8 Å². The molecule has 8 nitrogen and oxygen atoms in total. The molecule has 2 atom stereocenters. The van der Waals surface area contributed by atoms with E-state index in [1.807, 2.05) is 0 Å². The van der Waals surface area contributed by atoms with Gasteiger partial charge in [0.2, 0.25) is 0 Å². The number of ether oxygens (including phenoxy) is 2. The molecular weight excluding hydrogens is 300 g/mol. The van der Waals surface area contributed by atoms with Crippen LogP contribution < -0.4 is 0 Å². The number of carbonyl (C=O) groups is 2. The second-order valence-electron chi connectivity index (χ2n) is 4.26. The zero-order valence-corrected chi connectivity index (χ0v) is 12.6. The maximum atomic E-state index is 12.0. The first kappa shape index (κ1) is 18.9. The van der Waals surface area contributed by atoms with Crippen LogP contribution in [0.25, 0.3) is 0 Å². The highest BCUT2D eigenvalue weighted by molar-refractivity contribution is 7.91. The summed E-state index contributed by atoms with van der Waals surface area (Å²) in [6.45, 7) is 2.21. The summed E-state index contributed by atoms with van der Waals surface area (Å²) < 4.78 is 33.4. The molecule has 9 heteroatoms. The average molecular weight is 316 g/mol. The topological polar surface area (TPSA) is 134 Å². The number of sulfone groups is 1. The van der Waals surface area contributed by atoms with Crippen LogP contribution in [0.1, 0.15) is 26.7 Å². The molecule has 0 saturated heterocycles. The Bertz CT molecular complexity index is 513. The maximum Gasteiger partial charge on any atom is 0.302 e. The van der Waals surface area contributed by atoms with Crippen molar-refractivity contribution in [3.8, 4) is 12.1 Å². The number of rotatable bonds is 8. The van der Waals surface area contributed by atoms with E-state index in [4.69, 9.17) is 20.0 Å². The van der Waals surface area contributed by atoms with Gasteiger partial charge >= 0.3 is 11.9 Å². The van der Waals surface area contributed by atoms with E-state index in [1.165, 1.54) is 0 Å². The molecule has 0 aromatic heterocycles. The van der Waals surface area contributed by atoms with Crippen molar-refractivity contribution >= 4 is 21.8 Å². The molecule has 21 heavy (non-hydrogen) atoms. The smallest absolute Gasteiger partial charge is 0.302 e. The molecule has 0 rings (SSSR count). The number of nitriles is 2. The summed E-state index contributed by atoms with van der Waals surface area (Å²) in [5.41, 5.74) is 0. The summed E-state index contributed by atoms with van der Waals surface area (Å²) >= 11 is 0. The number of nitrogens with zero attached hydrogens (tertiary/aromatic N) is 2. The predicted octanol–water partition coefficient (Wildman–Crippen LogP) is 0.0920. The van der Waals surface area contributed by atoms with E-state index in [-0.39, 0.29) is 12.8 Å². The minimum Gasteiger partial charge on any atom is -0.460 e. The molecular formula is C12H16N2O6S. The van der Waals surface area contributed by atoms with Gasteiger partial charge in [-0.25, -0.2) is 8.42 Å². The van der Waals surface area contributed by atoms with Crippen LogP contribution >= 0.6 is 0 Å². The minimum atomic E-state index is -3.77. The molecule has 0 heterocycles. The normalized spacial score (nSPS) is 13.3. The summed E-state index contributed by atoms with van der Waals surface area (Å²) in [6.07, 6.45) is -2.71. The number of esters is 2. The minimum absolute atomic E-state index is 0.269. The molecule has 2 unspecified atom stereocenters. The van der Waals surface area contributed by atoms with Gasteiger partial charge in [-0.05, 0) is 0 Å². The molecule has 0 aliphatic carbocycles. The molecule has 0 radical (unpaired) electrons. The average Bonchev–Trinajstić information content (AvgIpc) is 2.25. The Hall–Kier alpha value is -2.13. The largest absolute Gasteiger partial charge is 0.460 e. The first-order valence-electron chi connectivity index (χ1n) is 5.99. The van der Waals surface area contributed by atoms with Crippen molar-refractivity contribution in [1.29, 1.82) is 10.5 Å². The molecule has 0 N–H and O–H groups in total. The fraction of sp³-hybridized carbons (Fsp3) is 0.667. The van der Waals surface area contributed by atoms with Gasteiger partial charge in [0.15, 0.2) is 9.84 Å². The van der Waals surface area contributed by atoms with Crippen molar-refractivity contribution in [2.75, 3.05) is 11.5 Å². The van der Waals surface area contributed by atoms with Crippen LogP contribution in [-0.2, 0) is 28.9 Å². The fourth-order valence-corrected chi connectivity index (χ4v) is 3.22. The summed E-state index contributed by atoms with van der Waals surface area (Å²) in [4.78, 5) is 21.7. The third-order valence-corrected chi connectivity index (χ3v) is 3.94. The van der Waals surface area contributed by atoms with Crippen molar-refractivity contribution in [3.63, 3.8) is 0 Å². The monoisotopic (exact) mass is 316 g/mol. The van der Waals surface area contributed by atoms with Gasteiger partial charge in [0, 0.05) is 13.8 Å². The lowest BCUT2D eigenvalue weighted by atomic mass is 10.3. The lowest BCUT2D eigenvalue weighted by molar-refractivity contribution is -0.145. The number of hydrogen-bond donors (Lipinski definition) is 0. The first-order valence-corrected chi connectivity index (χ1v) is 7.81. The molecule has 0 aromatic carbocycles. The number of carbonyl (C=O) groups excluding carboxylic acids is 2. The van der Waals surface area contributed by atoms with E-state index in [1.54, 1.807) is 12.1 Å². The second-order valence-corrected chi connectivity index (χ2v) is 6.42. The zero-order valence-electron chi connectivity index (χ0n) is 11.7. The molecule has 0 bridgehead atoms. The van der Waals surface area contributed by atoms with Crippen LogP contribution in [0.5, 0.6) is 0 Å². The second kappa shape index (κ2) is 8.93. The van der Waals surface area contributed by atoms with Gasteiger partial charge < -0.3 is 9.47 Å². The highest BCUT2D eigenvalue weighted by Crippen LogP contribution is 2.09. The Balaban J connectivity index is 4.84. The van der Waals surface area contributed by atoms with E-state index in [0.29, 0.717) is 0 Å². The van der Waals surface area contributed by atoms with Crippen LogP contribution in [0.3, 0.4) is 0 Å². The highest BCUT2D eigenvalue weighted by atomic mass is 32.2. The van der Waals surface area contributed by atoms with Gasteiger partial charge in [-0.3, -0.25) is 9.59 Å². The molecule has 0 spiro atoms. The fourth-order valence-electron chi connectivity index (χ4n) is 1.58. The lowest BCUT2D eigenvalue weighted by Crippen LogP contribution is -2.32. The van der Waals surface area contributed by atoms with Crippen LogP contribution in [0.4, 0.5) is 0 Å². The van der Waals surface area contributed by atoms with Crippen LogP contribution in [-0.4, -0.2) is 44.1 Å². The van der Waals surface area contributed by atoms with E-state index >= 15 is 0 Å². The van der Waals surface area contributed by atoms with Crippen LogP contribution in [0.15, 0.2) is 0 Å². The van der Waals surface area contributed by atoms with Crippen molar-refractivity contribution in [2.45, 2.75) is 38.9 Å². The third kappa shape index (κ3) is 9.41. The Labute approximate surface area is 123 Å². The zero-order chi connectivity index (χ0) is 16.5. The van der Waals surface area contributed by atoms with Crippen LogP contribution in [0, 0.1) is 22.7 Å². The SMILES string of the molecule is CC(=O)OC(CC#N)CS(=O)(=O)CC(CC#N)OC(C)=O. The van der Waals surface area contributed by atoms with Gasteiger partial charge in [-0.15, -0.1) is 0 Å². The summed E-state index contributed by atoms with van der Waals surface area (Å²) in [7, 11) is -3.77. The van der Waals surface area contributed by atoms with Crippen molar-refractivity contribution in [1.82, 2.24) is 0 Å². The summed E-state index contributed by atoms with van der Waals surface area (Å²) in [6, 6.07) is 3.45. The Kier molecular flexibility index (Phi) is 8.02. The standard InChI is InChI=1S/C12H16N2O6S/c1-9(15)19-11(3-5-13)7-21(17,18)8-12(4-6-14)20-10(2)16/h11-12H,3-4,7-8H2,1-2H3. The quantitative estimate of drug-likeness (QED) is 0.575. The van der Waals surface area contributed by atoms with Gasteiger partial charge in [-0.1, -0.05) is 0 Å². The molecule has 0 amide bonds. The van der Waals surface area contributed by atoms with Crippen LogP contribution in [0.2, 0.25) is 0 Å². The Morgan fingerprint density at radius 1 is 0.952 bits per heavy atom. The van der Waals surface area contributed by atoms with Gasteiger partial charge in [0.05, 0.1) is 36.5 Å². The number of hydrogen-bond acceptors (Lipinski definition) is 8. The predicted molar refractivity (Wildman–Crippen MR) is 70.2 cm³/mol. The lowest BCUT2D eigenvalue weighted by Gasteiger charge is -2.17. The summed E-state index contributed by atoms with van der Waals surface area (Å²) in [5.74, 6) is -2.52. The molecule has 0 saturated carbocycles. The van der Waals surface area contributed by atoms with Gasteiger partial charge in [-0.2, -0.15) is 10.5 Å². The maximum absolute atomic E-state index is 12.0. The molecule has 0 fully saturated rings. The van der Waals surface area contributed by atoms with E-state index < -0.39 is 45.5 Å². The molecule has 0 aliphatic rings. The highest BCUT2D eigenvalue weighted by Gasteiger charge is 2.26. The summed E-state index contributed by atoms with van der Waals surface area (Å²) in [5, 5.41) is 17.2. The third-order valence-electron chi connectivity index (χ3n) is 2.18. The van der Waals surface area contributed by atoms with Gasteiger partial charge in [0.1, 0.15) is 12.2 Å². The van der Waals surface area contributed by atoms with Crippen molar-refractivity contribution in [2.24, 2.45) is 0 Å². The van der Waals surface area contributed by atoms with E-state index in [2.05, 4.69) is 0 Å². The Morgan fingerprint density at radius 3 is 1.52 bits per heavy atom. The van der Waals surface area contributed by atoms with E-state index in [9.17, 15) is 18.0 Å². The molecule has 0 aliphatic heterocycles. The first-order chi connectivity index (χ1) is 9.70. The molecule has 0 aromatic rings. The van der Waals surface area contributed by atoms with Gasteiger partial charge in [0.25, 0.3) is 0 Å². The Morgan fingerprint density at radius 2 is 1.29 bits per heavy atom.